The minimum atomic E-state index is -0.146. The van der Waals surface area contributed by atoms with Crippen LogP contribution in [0.15, 0.2) is 24.4 Å². The SMILES string of the molecule is CCCC(=O)NCC(C)(C)c1c[nH]c2ccc(Cl)cc12. The first kappa shape index (κ1) is 14.9. The van der Waals surface area contributed by atoms with E-state index >= 15 is 0 Å². The van der Waals surface area contributed by atoms with Gasteiger partial charge in [-0.3, -0.25) is 4.79 Å². The summed E-state index contributed by atoms with van der Waals surface area (Å²) in [7, 11) is 0. The van der Waals surface area contributed by atoms with Gasteiger partial charge in [-0.15, -0.1) is 0 Å². The molecule has 0 aliphatic rings. The van der Waals surface area contributed by atoms with Crippen molar-refractivity contribution in [1.29, 1.82) is 0 Å². The molecule has 2 rings (SSSR count). The number of carbonyl (C=O) groups excluding carboxylic acids is 1. The van der Waals surface area contributed by atoms with Crippen molar-refractivity contribution in [2.75, 3.05) is 6.54 Å². The van der Waals surface area contributed by atoms with E-state index in [0.29, 0.717) is 13.0 Å². The van der Waals surface area contributed by atoms with Gasteiger partial charge in [-0.2, -0.15) is 0 Å². The van der Waals surface area contributed by atoms with Crippen molar-refractivity contribution in [1.82, 2.24) is 10.3 Å². The molecule has 1 aromatic carbocycles. The van der Waals surface area contributed by atoms with E-state index in [1.54, 1.807) is 0 Å². The van der Waals surface area contributed by atoms with Gasteiger partial charge in [0.05, 0.1) is 0 Å². The Morgan fingerprint density at radius 1 is 1.40 bits per heavy atom. The summed E-state index contributed by atoms with van der Waals surface area (Å²) in [6.07, 6.45) is 3.46. The molecule has 3 nitrogen and oxygen atoms in total. The van der Waals surface area contributed by atoms with Gasteiger partial charge in [0.1, 0.15) is 0 Å². The lowest BCUT2D eigenvalue weighted by Gasteiger charge is -2.25. The number of halogens is 1. The number of carbonyl (C=O) groups is 1. The van der Waals surface area contributed by atoms with Gasteiger partial charge in [-0.05, 0) is 30.2 Å². The van der Waals surface area contributed by atoms with E-state index in [1.807, 2.05) is 31.3 Å². The number of benzene rings is 1. The highest BCUT2D eigenvalue weighted by Gasteiger charge is 2.24. The molecule has 0 bridgehead atoms. The van der Waals surface area contributed by atoms with Crippen molar-refractivity contribution in [2.24, 2.45) is 0 Å². The van der Waals surface area contributed by atoms with Gasteiger partial charge >= 0.3 is 0 Å². The van der Waals surface area contributed by atoms with Crippen LogP contribution in [0.5, 0.6) is 0 Å². The Bertz CT molecular complexity index is 616. The molecular formula is C16H21ClN2O. The van der Waals surface area contributed by atoms with Crippen LogP contribution in [0.1, 0.15) is 39.2 Å². The third kappa shape index (κ3) is 3.15. The molecule has 2 aromatic rings. The molecule has 1 amide bonds. The Labute approximate surface area is 124 Å². The van der Waals surface area contributed by atoms with Gasteiger partial charge in [-0.25, -0.2) is 0 Å². The normalized spacial score (nSPS) is 11.8. The van der Waals surface area contributed by atoms with E-state index in [9.17, 15) is 4.79 Å². The monoisotopic (exact) mass is 292 g/mol. The van der Waals surface area contributed by atoms with E-state index in [-0.39, 0.29) is 11.3 Å². The number of hydrogen-bond donors (Lipinski definition) is 2. The second kappa shape index (κ2) is 5.88. The minimum Gasteiger partial charge on any atom is -0.361 e. The van der Waals surface area contributed by atoms with Crippen molar-refractivity contribution >= 4 is 28.4 Å². The highest BCUT2D eigenvalue weighted by Crippen LogP contribution is 2.31. The van der Waals surface area contributed by atoms with Crippen LogP contribution in [-0.2, 0) is 10.2 Å². The van der Waals surface area contributed by atoms with Crippen molar-refractivity contribution in [3.8, 4) is 0 Å². The molecule has 0 spiro atoms. The van der Waals surface area contributed by atoms with E-state index in [1.165, 1.54) is 5.56 Å². The maximum Gasteiger partial charge on any atom is 0.220 e. The van der Waals surface area contributed by atoms with E-state index in [0.717, 1.165) is 22.3 Å². The Kier molecular flexibility index (Phi) is 4.39. The molecule has 108 valence electrons. The fourth-order valence-corrected chi connectivity index (χ4v) is 2.56. The molecule has 20 heavy (non-hydrogen) atoms. The zero-order valence-electron chi connectivity index (χ0n) is 12.2. The number of rotatable bonds is 5. The summed E-state index contributed by atoms with van der Waals surface area (Å²) in [5.41, 5.74) is 2.09. The Morgan fingerprint density at radius 2 is 2.15 bits per heavy atom. The minimum absolute atomic E-state index is 0.110. The maximum absolute atomic E-state index is 11.6. The smallest absolute Gasteiger partial charge is 0.220 e. The lowest BCUT2D eigenvalue weighted by atomic mass is 9.84. The van der Waals surface area contributed by atoms with Gasteiger partial charge in [0.25, 0.3) is 0 Å². The van der Waals surface area contributed by atoms with Crippen molar-refractivity contribution in [2.45, 2.75) is 39.0 Å². The second-order valence-electron chi connectivity index (χ2n) is 5.80. The number of nitrogens with one attached hydrogen (secondary N) is 2. The van der Waals surface area contributed by atoms with Crippen LogP contribution in [-0.4, -0.2) is 17.4 Å². The topological polar surface area (TPSA) is 44.9 Å². The molecule has 0 saturated heterocycles. The number of amides is 1. The summed E-state index contributed by atoms with van der Waals surface area (Å²) in [5, 5.41) is 4.85. The number of fused-ring (bicyclic) bond motifs is 1. The summed E-state index contributed by atoms with van der Waals surface area (Å²) in [5.74, 6) is 0.110. The largest absolute Gasteiger partial charge is 0.361 e. The van der Waals surface area contributed by atoms with Gasteiger partial charge < -0.3 is 10.3 Å². The first-order valence-electron chi connectivity index (χ1n) is 6.98. The van der Waals surface area contributed by atoms with Crippen LogP contribution in [0, 0.1) is 0 Å². The summed E-state index contributed by atoms with van der Waals surface area (Å²) < 4.78 is 0. The molecular weight excluding hydrogens is 272 g/mol. The standard InChI is InChI=1S/C16H21ClN2O/c1-4-5-15(20)19-10-16(2,3)13-9-18-14-7-6-11(17)8-12(13)14/h6-9,18H,4-5,10H2,1-3H3,(H,19,20). The molecule has 4 heteroatoms. The van der Waals surface area contributed by atoms with Gasteiger partial charge in [0.2, 0.25) is 5.91 Å². The molecule has 1 aromatic heterocycles. The molecule has 0 fully saturated rings. The zero-order valence-corrected chi connectivity index (χ0v) is 13.0. The lowest BCUT2D eigenvalue weighted by Crippen LogP contribution is -2.36. The highest BCUT2D eigenvalue weighted by molar-refractivity contribution is 6.31. The van der Waals surface area contributed by atoms with Gasteiger partial charge in [-0.1, -0.05) is 32.4 Å². The van der Waals surface area contributed by atoms with Crippen LogP contribution < -0.4 is 5.32 Å². The van der Waals surface area contributed by atoms with Crippen LogP contribution in [0.3, 0.4) is 0 Å². The van der Waals surface area contributed by atoms with Crippen LogP contribution >= 0.6 is 11.6 Å². The first-order valence-corrected chi connectivity index (χ1v) is 7.35. The average molecular weight is 293 g/mol. The molecule has 0 radical (unpaired) electrons. The van der Waals surface area contributed by atoms with Crippen molar-refractivity contribution < 1.29 is 4.79 Å². The number of H-pyrrole nitrogens is 1. The highest BCUT2D eigenvalue weighted by atomic mass is 35.5. The Hall–Kier alpha value is -1.48. The maximum atomic E-state index is 11.6. The zero-order chi connectivity index (χ0) is 14.8. The molecule has 0 aliphatic heterocycles. The number of aromatic nitrogens is 1. The summed E-state index contributed by atoms with van der Waals surface area (Å²) in [6, 6.07) is 5.82. The number of aromatic amines is 1. The predicted octanol–water partition coefficient (Wildman–Crippen LogP) is 4.02. The predicted molar refractivity (Wildman–Crippen MR) is 84.3 cm³/mol. The van der Waals surface area contributed by atoms with E-state index in [2.05, 4.69) is 24.1 Å². The van der Waals surface area contributed by atoms with Crippen LogP contribution in [0.4, 0.5) is 0 Å². The molecule has 1 heterocycles. The molecule has 0 aliphatic carbocycles. The molecule has 0 atom stereocenters. The third-order valence-corrected chi connectivity index (χ3v) is 3.81. The van der Waals surface area contributed by atoms with Crippen LogP contribution in [0.25, 0.3) is 10.9 Å². The summed E-state index contributed by atoms with van der Waals surface area (Å²) >= 11 is 6.08. The summed E-state index contributed by atoms with van der Waals surface area (Å²) in [4.78, 5) is 14.9. The average Bonchev–Trinajstić information content (AvgIpc) is 2.80. The molecule has 2 N–H and O–H groups in total. The van der Waals surface area contributed by atoms with E-state index in [4.69, 9.17) is 11.6 Å². The fourth-order valence-electron chi connectivity index (χ4n) is 2.38. The fraction of sp³-hybridized carbons (Fsp3) is 0.438. The Balaban J connectivity index is 2.22. The first-order chi connectivity index (χ1) is 9.44. The number of hydrogen-bond acceptors (Lipinski definition) is 1. The lowest BCUT2D eigenvalue weighted by molar-refractivity contribution is -0.121. The van der Waals surface area contributed by atoms with Crippen LogP contribution in [0.2, 0.25) is 5.02 Å². The third-order valence-electron chi connectivity index (χ3n) is 3.58. The van der Waals surface area contributed by atoms with Gasteiger partial charge in [0.15, 0.2) is 0 Å². The second-order valence-corrected chi connectivity index (χ2v) is 6.24. The van der Waals surface area contributed by atoms with Gasteiger partial charge in [0, 0.05) is 40.5 Å². The van der Waals surface area contributed by atoms with Crippen molar-refractivity contribution in [3.05, 3.63) is 35.0 Å². The summed E-state index contributed by atoms with van der Waals surface area (Å²) in [6.45, 7) is 6.88. The van der Waals surface area contributed by atoms with Crippen molar-refractivity contribution in [3.63, 3.8) is 0 Å². The molecule has 0 saturated carbocycles. The van der Waals surface area contributed by atoms with E-state index < -0.39 is 0 Å². The quantitative estimate of drug-likeness (QED) is 0.859. The molecule has 0 unspecified atom stereocenters. The Morgan fingerprint density at radius 3 is 2.85 bits per heavy atom.